The summed E-state index contributed by atoms with van der Waals surface area (Å²) in [6.45, 7) is 1.84. The first-order valence-corrected chi connectivity index (χ1v) is 8.96. The number of benzene rings is 2. The average Bonchev–Trinajstić information content (AvgIpc) is 2.59. The number of anilines is 1. The Kier molecular flexibility index (Phi) is 5.60. The number of halogens is 1. The molecule has 1 fully saturated rings. The smallest absolute Gasteiger partial charge is 0.227 e. The maximum Gasteiger partial charge on any atom is 0.227 e. The zero-order chi connectivity index (χ0) is 16.1. The van der Waals surface area contributed by atoms with Crippen LogP contribution in [0.5, 0.6) is 0 Å². The second-order valence-electron chi connectivity index (χ2n) is 5.57. The van der Waals surface area contributed by atoms with Crippen molar-refractivity contribution in [1.82, 2.24) is 5.32 Å². The van der Waals surface area contributed by atoms with Gasteiger partial charge in [0.2, 0.25) is 5.91 Å². The van der Waals surface area contributed by atoms with Gasteiger partial charge in [-0.25, -0.2) is 0 Å². The van der Waals surface area contributed by atoms with Crippen LogP contribution in [-0.2, 0) is 4.79 Å². The minimum Gasteiger partial charge on any atom is -0.326 e. The van der Waals surface area contributed by atoms with Crippen molar-refractivity contribution >= 4 is 35.0 Å². The van der Waals surface area contributed by atoms with Gasteiger partial charge in [0.1, 0.15) is 0 Å². The van der Waals surface area contributed by atoms with Crippen LogP contribution in [0, 0.1) is 5.92 Å². The molecule has 0 aliphatic carbocycles. The molecule has 2 aromatic rings. The first-order chi connectivity index (χ1) is 11.2. The second-order valence-corrected chi connectivity index (χ2v) is 7.09. The van der Waals surface area contributed by atoms with Crippen molar-refractivity contribution in [2.45, 2.75) is 22.6 Å². The minimum absolute atomic E-state index is 0.119. The van der Waals surface area contributed by atoms with Crippen molar-refractivity contribution in [3.63, 3.8) is 0 Å². The third kappa shape index (κ3) is 4.50. The lowest BCUT2D eigenvalue weighted by Gasteiger charge is -2.21. The van der Waals surface area contributed by atoms with Crippen molar-refractivity contribution in [2.75, 3.05) is 18.4 Å². The van der Waals surface area contributed by atoms with E-state index < -0.39 is 0 Å². The van der Waals surface area contributed by atoms with Gasteiger partial charge >= 0.3 is 0 Å². The van der Waals surface area contributed by atoms with E-state index in [1.165, 1.54) is 0 Å². The third-order valence-electron chi connectivity index (χ3n) is 3.90. The Morgan fingerprint density at radius 2 is 1.78 bits per heavy atom. The molecular formula is C18H19ClN2OS. The molecule has 5 heteroatoms. The highest BCUT2D eigenvalue weighted by Gasteiger charge is 2.20. The van der Waals surface area contributed by atoms with E-state index in [2.05, 4.69) is 10.6 Å². The number of hydrogen-bond donors (Lipinski definition) is 2. The zero-order valence-corrected chi connectivity index (χ0v) is 14.3. The second kappa shape index (κ2) is 7.86. The molecule has 1 aliphatic heterocycles. The Hall–Kier alpha value is -1.49. The van der Waals surface area contributed by atoms with Crippen molar-refractivity contribution in [1.29, 1.82) is 0 Å². The first-order valence-electron chi connectivity index (χ1n) is 7.76. The standard InChI is InChI=1S/C18H19ClN2OS/c19-16-3-1-2-4-17(16)23-15-7-5-14(6-8-15)21-18(22)13-9-11-20-12-10-13/h1-8,13,20H,9-12H2,(H,21,22). The number of piperidine rings is 1. The molecule has 1 aliphatic rings. The fraction of sp³-hybridized carbons (Fsp3) is 0.278. The lowest BCUT2D eigenvalue weighted by molar-refractivity contribution is -0.120. The molecule has 1 saturated heterocycles. The van der Waals surface area contributed by atoms with E-state index in [9.17, 15) is 4.79 Å². The van der Waals surface area contributed by atoms with Crippen molar-refractivity contribution in [3.8, 4) is 0 Å². The number of hydrogen-bond acceptors (Lipinski definition) is 3. The SMILES string of the molecule is O=C(Nc1ccc(Sc2ccccc2Cl)cc1)C1CCNCC1. The summed E-state index contributed by atoms with van der Waals surface area (Å²) in [4.78, 5) is 14.4. The number of amides is 1. The molecule has 0 spiro atoms. The molecule has 120 valence electrons. The fourth-order valence-electron chi connectivity index (χ4n) is 2.59. The van der Waals surface area contributed by atoms with Crippen LogP contribution in [0.4, 0.5) is 5.69 Å². The van der Waals surface area contributed by atoms with Crippen molar-refractivity contribution in [3.05, 3.63) is 53.6 Å². The van der Waals surface area contributed by atoms with E-state index in [1.54, 1.807) is 11.8 Å². The lowest BCUT2D eigenvalue weighted by Crippen LogP contribution is -2.34. The normalized spacial score (nSPS) is 15.3. The Morgan fingerprint density at radius 3 is 2.48 bits per heavy atom. The highest BCUT2D eigenvalue weighted by atomic mass is 35.5. The quantitative estimate of drug-likeness (QED) is 0.860. The van der Waals surface area contributed by atoms with E-state index >= 15 is 0 Å². The lowest BCUT2D eigenvalue weighted by atomic mass is 9.97. The molecule has 0 unspecified atom stereocenters. The maximum absolute atomic E-state index is 12.2. The van der Waals surface area contributed by atoms with Crippen LogP contribution < -0.4 is 10.6 Å². The molecule has 3 rings (SSSR count). The van der Waals surface area contributed by atoms with Gasteiger partial charge in [-0.05, 0) is 62.3 Å². The molecule has 0 atom stereocenters. The van der Waals surface area contributed by atoms with Crippen LogP contribution in [0.2, 0.25) is 5.02 Å². The Morgan fingerprint density at radius 1 is 1.09 bits per heavy atom. The van der Waals surface area contributed by atoms with Crippen LogP contribution in [0.1, 0.15) is 12.8 Å². The van der Waals surface area contributed by atoms with Gasteiger partial charge in [0.15, 0.2) is 0 Å². The topological polar surface area (TPSA) is 41.1 Å². The predicted molar refractivity (Wildman–Crippen MR) is 96.2 cm³/mol. The van der Waals surface area contributed by atoms with Crippen LogP contribution in [0.15, 0.2) is 58.3 Å². The van der Waals surface area contributed by atoms with Gasteiger partial charge in [-0.15, -0.1) is 0 Å². The van der Waals surface area contributed by atoms with Gasteiger partial charge < -0.3 is 10.6 Å². The monoisotopic (exact) mass is 346 g/mol. The molecular weight excluding hydrogens is 328 g/mol. The van der Waals surface area contributed by atoms with E-state index in [-0.39, 0.29) is 11.8 Å². The molecule has 0 bridgehead atoms. The highest BCUT2D eigenvalue weighted by molar-refractivity contribution is 7.99. The van der Waals surface area contributed by atoms with Crippen molar-refractivity contribution in [2.24, 2.45) is 5.92 Å². The molecule has 0 radical (unpaired) electrons. The van der Waals surface area contributed by atoms with E-state index in [4.69, 9.17) is 11.6 Å². The van der Waals surface area contributed by atoms with Gasteiger partial charge in [-0.2, -0.15) is 0 Å². The Balaban J connectivity index is 1.60. The molecule has 0 saturated carbocycles. The molecule has 2 N–H and O–H groups in total. The molecule has 0 aromatic heterocycles. The van der Waals surface area contributed by atoms with Crippen molar-refractivity contribution < 1.29 is 4.79 Å². The summed E-state index contributed by atoms with van der Waals surface area (Å²) in [5.74, 6) is 0.242. The summed E-state index contributed by atoms with van der Waals surface area (Å²) in [6.07, 6.45) is 1.82. The number of nitrogens with one attached hydrogen (secondary N) is 2. The average molecular weight is 347 g/mol. The van der Waals surface area contributed by atoms with Crippen LogP contribution in [0.25, 0.3) is 0 Å². The molecule has 1 heterocycles. The highest BCUT2D eigenvalue weighted by Crippen LogP contribution is 2.33. The van der Waals surface area contributed by atoms with E-state index in [0.29, 0.717) is 0 Å². The van der Waals surface area contributed by atoms with Gasteiger partial charge in [-0.3, -0.25) is 4.79 Å². The Labute approximate surface area is 145 Å². The first kappa shape index (κ1) is 16.4. The third-order valence-corrected chi connectivity index (χ3v) is 5.42. The molecule has 23 heavy (non-hydrogen) atoms. The predicted octanol–water partition coefficient (Wildman–Crippen LogP) is 4.43. The minimum atomic E-state index is 0.119. The molecule has 2 aromatic carbocycles. The Bertz CT molecular complexity index is 669. The van der Waals surface area contributed by atoms with Gasteiger partial charge in [0, 0.05) is 21.4 Å². The van der Waals surface area contributed by atoms with Crippen LogP contribution >= 0.6 is 23.4 Å². The van der Waals surface area contributed by atoms with Gasteiger partial charge in [-0.1, -0.05) is 35.5 Å². The summed E-state index contributed by atoms with van der Waals surface area (Å²) >= 11 is 7.79. The molecule has 1 amide bonds. The summed E-state index contributed by atoms with van der Waals surface area (Å²) in [5, 5.41) is 7.04. The van der Waals surface area contributed by atoms with Crippen LogP contribution in [0.3, 0.4) is 0 Å². The van der Waals surface area contributed by atoms with E-state index in [1.807, 2.05) is 48.5 Å². The molecule has 3 nitrogen and oxygen atoms in total. The van der Waals surface area contributed by atoms with Crippen LogP contribution in [-0.4, -0.2) is 19.0 Å². The zero-order valence-electron chi connectivity index (χ0n) is 12.7. The van der Waals surface area contributed by atoms with E-state index in [0.717, 1.165) is 46.4 Å². The largest absolute Gasteiger partial charge is 0.326 e. The summed E-state index contributed by atoms with van der Waals surface area (Å²) < 4.78 is 0. The van der Waals surface area contributed by atoms with Gasteiger partial charge in [0.25, 0.3) is 0 Å². The number of carbonyl (C=O) groups is 1. The summed E-state index contributed by atoms with van der Waals surface area (Å²) in [5.41, 5.74) is 0.844. The maximum atomic E-state index is 12.2. The van der Waals surface area contributed by atoms with Gasteiger partial charge in [0.05, 0.1) is 5.02 Å². The summed E-state index contributed by atoms with van der Waals surface area (Å²) in [6, 6.07) is 15.7. The summed E-state index contributed by atoms with van der Waals surface area (Å²) in [7, 11) is 0. The number of rotatable bonds is 4. The fourth-order valence-corrected chi connectivity index (χ4v) is 3.68. The number of carbonyl (C=O) groups excluding carboxylic acids is 1.